The Morgan fingerprint density at radius 3 is 2.35 bits per heavy atom. The van der Waals surface area contributed by atoms with Crippen molar-refractivity contribution in [3.05, 3.63) is 30.2 Å². The molecule has 0 N–H and O–H groups in total. The van der Waals surface area contributed by atoms with Gasteiger partial charge < -0.3 is 8.71 Å². The first kappa shape index (κ1) is 11.6. The highest BCUT2D eigenvalue weighted by atomic mass is 32.2. The van der Waals surface area contributed by atoms with E-state index < -0.39 is 10.1 Å². The molecule has 0 unspecified atom stereocenters. The van der Waals surface area contributed by atoms with E-state index in [1.165, 1.54) is 12.1 Å². The van der Waals surface area contributed by atoms with Gasteiger partial charge in [-0.1, -0.05) is 5.16 Å². The fourth-order valence-corrected chi connectivity index (χ4v) is 1.71. The maximum atomic E-state index is 10.9. The quantitative estimate of drug-likeness (QED) is 0.769. The fraction of sp³-hybridized carbons (Fsp3) is 0.200. The number of aromatic nitrogens is 2. The summed E-state index contributed by atoms with van der Waals surface area (Å²) in [7, 11) is -3.50. The predicted molar refractivity (Wildman–Crippen MR) is 59.9 cm³/mol. The minimum absolute atomic E-state index is 0.247. The largest absolute Gasteiger partial charge is 0.383 e. The summed E-state index contributed by atoms with van der Waals surface area (Å²) in [4.78, 5) is 4.05. The first-order valence-corrected chi connectivity index (χ1v) is 6.56. The number of rotatable bonds is 3. The molecule has 0 spiro atoms. The third-order valence-corrected chi connectivity index (χ3v) is 2.38. The molecular formula is C10H10N2O4S. The van der Waals surface area contributed by atoms with Gasteiger partial charge in [0.25, 0.3) is 0 Å². The van der Waals surface area contributed by atoms with Gasteiger partial charge in [0.15, 0.2) is 0 Å². The van der Waals surface area contributed by atoms with Crippen molar-refractivity contribution < 1.29 is 17.1 Å². The molecule has 7 heteroatoms. The molecule has 0 aliphatic carbocycles. The molecule has 0 aliphatic heterocycles. The Bertz CT molecular complexity index is 616. The van der Waals surface area contributed by atoms with E-state index in [2.05, 4.69) is 10.1 Å². The van der Waals surface area contributed by atoms with E-state index in [4.69, 9.17) is 8.71 Å². The molecule has 1 heterocycles. The lowest BCUT2D eigenvalue weighted by Crippen LogP contribution is -2.05. The number of nitrogens with zero attached hydrogens (tertiary/aromatic N) is 2. The molecule has 0 radical (unpaired) electrons. The van der Waals surface area contributed by atoms with Gasteiger partial charge in [-0.25, -0.2) is 0 Å². The zero-order valence-corrected chi connectivity index (χ0v) is 10.1. The summed E-state index contributed by atoms with van der Waals surface area (Å²) in [5.41, 5.74) is 0.725. The van der Waals surface area contributed by atoms with Gasteiger partial charge >= 0.3 is 10.1 Å². The van der Waals surface area contributed by atoms with Crippen LogP contribution >= 0.6 is 0 Å². The second-order valence-corrected chi connectivity index (χ2v) is 5.02. The van der Waals surface area contributed by atoms with Crippen molar-refractivity contribution in [2.45, 2.75) is 6.92 Å². The van der Waals surface area contributed by atoms with Gasteiger partial charge in [-0.05, 0) is 24.3 Å². The van der Waals surface area contributed by atoms with E-state index in [0.29, 0.717) is 11.7 Å². The average Bonchev–Trinajstić information content (AvgIpc) is 2.63. The Morgan fingerprint density at radius 2 is 1.88 bits per heavy atom. The lowest BCUT2D eigenvalue weighted by atomic mass is 10.2. The molecule has 0 saturated heterocycles. The molecule has 0 aliphatic rings. The van der Waals surface area contributed by atoms with Crippen LogP contribution in [-0.2, 0) is 10.1 Å². The summed E-state index contributed by atoms with van der Waals surface area (Å²) in [5.74, 6) is 1.17. The second-order valence-electron chi connectivity index (χ2n) is 3.45. The van der Waals surface area contributed by atoms with Crippen molar-refractivity contribution in [2.75, 3.05) is 6.26 Å². The van der Waals surface area contributed by atoms with Crippen molar-refractivity contribution in [3.63, 3.8) is 0 Å². The molecule has 0 bridgehead atoms. The summed E-state index contributed by atoms with van der Waals surface area (Å²) in [6.45, 7) is 1.69. The van der Waals surface area contributed by atoms with Crippen molar-refractivity contribution >= 4 is 10.1 Å². The third-order valence-electron chi connectivity index (χ3n) is 1.89. The van der Waals surface area contributed by atoms with Crippen LogP contribution in [0.3, 0.4) is 0 Å². The molecule has 2 rings (SSSR count). The van der Waals surface area contributed by atoms with Crippen LogP contribution in [0.2, 0.25) is 0 Å². The zero-order valence-electron chi connectivity index (χ0n) is 9.25. The van der Waals surface area contributed by atoms with Crippen LogP contribution in [0.25, 0.3) is 11.4 Å². The van der Waals surface area contributed by atoms with Gasteiger partial charge in [0.2, 0.25) is 11.7 Å². The lowest BCUT2D eigenvalue weighted by molar-refractivity contribution is 0.394. The van der Waals surface area contributed by atoms with E-state index in [9.17, 15) is 8.42 Å². The number of hydrogen-bond acceptors (Lipinski definition) is 6. The fourth-order valence-electron chi connectivity index (χ4n) is 1.25. The molecule has 90 valence electrons. The van der Waals surface area contributed by atoms with Gasteiger partial charge in [0, 0.05) is 12.5 Å². The monoisotopic (exact) mass is 254 g/mol. The van der Waals surface area contributed by atoms with Crippen LogP contribution in [-0.4, -0.2) is 24.8 Å². The molecule has 0 atom stereocenters. The number of benzene rings is 1. The Kier molecular flexibility index (Phi) is 2.84. The first-order valence-electron chi connectivity index (χ1n) is 4.74. The summed E-state index contributed by atoms with van der Waals surface area (Å²) in [5, 5.41) is 3.75. The van der Waals surface area contributed by atoms with Crippen LogP contribution in [0.4, 0.5) is 0 Å². The SMILES string of the molecule is Cc1nc(-c2ccc(OS(C)(=O)=O)cc2)no1. The van der Waals surface area contributed by atoms with E-state index in [1.54, 1.807) is 19.1 Å². The summed E-state index contributed by atoms with van der Waals surface area (Å²) in [6.07, 6.45) is 0.990. The standard InChI is InChI=1S/C10H10N2O4S/c1-7-11-10(12-15-7)8-3-5-9(6-4-8)16-17(2,13)14/h3-6H,1-2H3. The van der Waals surface area contributed by atoms with Crippen LogP contribution in [0.5, 0.6) is 5.75 Å². The molecular weight excluding hydrogens is 244 g/mol. The van der Waals surface area contributed by atoms with E-state index >= 15 is 0 Å². The Hall–Kier alpha value is -1.89. The Balaban J connectivity index is 2.24. The number of aryl methyl sites for hydroxylation is 1. The molecule has 0 saturated carbocycles. The summed E-state index contributed by atoms with van der Waals surface area (Å²) >= 11 is 0. The Morgan fingerprint density at radius 1 is 1.24 bits per heavy atom. The van der Waals surface area contributed by atoms with E-state index in [-0.39, 0.29) is 5.75 Å². The van der Waals surface area contributed by atoms with Crippen molar-refractivity contribution in [1.29, 1.82) is 0 Å². The smallest absolute Gasteiger partial charge is 0.306 e. The first-order chi connectivity index (χ1) is 7.94. The van der Waals surface area contributed by atoms with E-state index in [0.717, 1.165) is 11.8 Å². The van der Waals surface area contributed by atoms with E-state index in [1.807, 2.05) is 0 Å². The Labute approximate surface area is 98.4 Å². The predicted octanol–water partition coefficient (Wildman–Crippen LogP) is 1.38. The highest BCUT2D eigenvalue weighted by Crippen LogP contribution is 2.20. The molecule has 6 nitrogen and oxygen atoms in total. The van der Waals surface area contributed by atoms with Crippen LogP contribution in [0.1, 0.15) is 5.89 Å². The molecule has 2 aromatic rings. The molecule has 1 aromatic heterocycles. The van der Waals surface area contributed by atoms with Gasteiger partial charge in [0.1, 0.15) is 5.75 Å². The van der Waals surface area contributed by atoms with Gasteiger partial charge in [-0.3, -0.25) is 0 Å². The maximum Gasteiger partial charge on any atom is 0.306 e. The molecule has 0 fully saturated rings. The minimum Gasteiger partial charge on any atom is -0.383 e. The summed E-state index contributed by atoms with van der Waals surface area (Å²) < 4.78 is 31.3. The van der Waals surface area contributed by atoms with Gasteiger partial charge in [0.05, 0.1) is 6.26 Å². The minimum atomic E-state index is -3.50. The van der Waals surface area contributed by atoms with Crippen LogP contribution < -0.4 is 4.18 Å². The van der Waals surface area contributed by atoms with Gasteiger partial charge in [-0.15, -0.1) is 0 Å². The molecule has 17 heavy (non-hydrogen) atoms. The van der Waals surface area contributed by atoms with Crippen molar-refractivity contribution in [2.24, 2.45) is 0 Å². The molecule has 0 amide bonds. The zero-order chi connectivity index (χ0) is 12.5. The highest BCUT2D eigenvalue weighted by Gasteiger charge is 2.07. The summed E-state index contributed by atoms with van der Waals surface area (Å²) in [6, 6.07) is 6.37. The maximum absolute atomic E-state index is 10.9. The van der Waals surface area contributed by atoms with Gasteiger partial charge in [-0.2, -0.15) is 13.4 Å². The second kappa shape index (κ2) is 4.17. The highest BCUT2D eigenvalue weighted by molar-refractivity contribution is 7.86. The van der Waals surface area contributed by atoms with Crippen LogP contribution in [0, 0.1) is 6.92 Å². The molecule has 1 aromatic carbocycles. The average molecular weight is 254 g/mol. The third kappa shape index (κ3) is 3.04. The van der Waals surface area contributed by atoms with Crippen molar-refractivity contribution in [1.82, 2.24) is 10.1 Å². The lowest BCUT2D eigenvalue weighted by Gasteiger charge is -2.02. The van der Waals surface area contributed by atoms with Crippen LogP contribution in [0.15, 0.2) is 28.8 Å². The normalized spacial score (nSPS) is 11.4. The van der Waals surface area contributed by atoms with Crippen molar-refractivity contribution in [3.8, 4) is 17.1 Å². The topological polar surface area (TPSA) is 82.3 Å². The number of hydrogen-bond donors (Lipinski definition) is 0.